The third-order valence-electron chi connectivity index (χ3n) is 3.32. The number of nitrogens with zero attached hydrogens (tertiary/aromatic N) is 1. The summed E-state index contributed by atoms with van der Waals surface area (Å²) in [7, 11) is 3.76. The van der Waals surface area contributed by atoms with Crippen molar-refractivity contribution in [1.82, 2.24) is 10.3 Å². The van der Waals surface area contributed by atoms with Crippen LogP contribution in [-0.2, 0) is 6.42 Å². The number of nitrogens with one attached hydrogen (secondary N) is 1. The molecule has 88 valence electrons. The van der Waals surface area contributed by atoms with Gasteiger partial charge in [-0.2, -0.15) is 0 Å². The van der Waals surface area contributed by atoms with E-state index >= 15 is 0 Å². The van der Waals surface area contributed by atoms with E-state index in [-0.39, 0.29) is 0 Å². The fourth-order valence-electron chi connectivity index (χ4n) is 2.20. The SMILES string of the molecule is CNC(CCc1ncccc1OC)C1CC1. The molecule has 1 aromatic rings. The molecule has 0 bridgehead atoms. The third-order valence-corrected chi connectivity index (χ3v) is 3.32. The van der Waals surface area contributed by atoms with E-state index in [2.05, 4.69) is 17.3 Å². The van der Waals surface area contributed by atoms with Gasteiger partial charge in [-0.1, -0.05) is 0 Å². The van der Waals surface area contributed by atoms with Gasteiger partial charge in [0.2, 0.25) is 0 Å². The molecule has 2 rings (SSSR count). The zero-order valence-corrected chi connectivity index (χ0v) is 10.1. The Morgan fingerprint density at radius 2 is 2.38 bits per heavy atom. The van der Waals surface area contributed by atoms with Crippen molar-refractivity contribution >= 4 is 0 Å². The van der Waals surface area contributed by atoms with Gasteiger partial charge in [0.25, 0.3) is 0 Å². The summed E-state index contributed by atoms with van der Waals surface area (Å²) in [5.41, 5.74) is 1.07. The van der Waals surface area contributed by atoms with E-state index in [1.807, 2.05) is 18.3 Å². The number of aryl methyl sites for hydroxylation is 1. The first kappa shape index (κ1) is 11.4. The Bertz CT molecular complexity index is 336. The van der Waals surface area contributed by atoms with Crippen molar-refractivity contribution in [1.29, 1.82) is 0 Å². The van der Waals surface area contributed by atoms with Gasteiger partial charge in [-0.05, 0) is 50.8 Å². The molecular weight excluding hydrogens is 200 g/mol. The first-order valence-electron chi connectivity index (χ1n) is 6.00. The lowest BCUT2D eigenvalue weighted by atomic mass is 10.0. The standard InChI is InChI=1S/C13H20N2O/c1-14-11(10-5-6-10)7-8-12-13(16-2)4-3-9-15-12/h3-4,9-11,14H,5-8H2,1-2H3. The van der Waals surface area contributed by atoms with Crippen molar-refractivity contribution < 1.29 is 4.74 Å². The van der Waals surface area contributed by atoms with E-state index in [1.165, 1.54) is 12.8 Å². The number of hydrogen-bond donors (Lipinski definition) is 1. The van der Waals surface area contributed by atoms with Gasteiger partial charge >= 0.3 is 0 Å². The highest BCUT2D eigenvalue weighted by Gasteiger charge is 2.29. The molecule has 3 heteroatoms. The van der Waals surface area contributed by atoms with Crippen LogP contribution in [0.5, 0.6) is 5.75 Å². The zero-order valence-electron chi connectivity index (χ0n) is 10.1. The van der Waals surface area contributed by atoms with E-state index in [4.69, 9.17) is 4.74 Å². The minimum atomic E-state index is 0.645. The second kappa shape index (κ2) is 5.30. The smallest absolute Gasteiger partial charge is 0.140 e. The Morgan fingerprint density at radius 1 is 1.56 bits per heavy atom. The molecule has 1 aliphatic rings. The largest absolute Gasteiger partial charge is 0.495 e. The van der Waals surface area contributed by atoms with Crippen LogP contribution in [0.3, 0.4) is 0 Å². The number of ether oxygens (including phenoxy) is 1. The van der Waals surface area contributed by atoms with Gasteiger partial charge in [0.1, 0.15) is 5.75 Å². The van der Waals surface area contributed by atoms with Crippen molar-refractivity contribution in [3.05, 3.63) is 24.0 Å². The van der Waals surface area contributed by atoms with Crippen LogP contribution in [0.15, 0.2) is 18.3 Å². The summed E-state index contributed by atoms with van der Waals surface area (Å²) >= 11 is 0. The van der Waals surface area contributed by atoms with Crippen molar-refractivity contribution in [3.63, 3.8) is 0 Å². The van der Waals surface area contributed by atoms with Crippen molar-refractivity contribution in [2.75, 3.05) is 14.2 Å². The quantitative estimate of drug-likeness (QED) is 0.796. The lowest BCUT2D eigenvalue weighted by Crippen LogP contribution is -2.27. The Morgan fingerprint density at radius 3 is 3.00 bits per heavy atom. The van der Waals surface area contributed by atoms with Crippen LogP contribution in [0.2, 0.25) is 0 Å². The number of rotatable bonds is 6. The molecule has 1 aliphatic carbocycles. The summed E-state index contributed by atoms with van der Waals surface area (Å²) in [6.07, 6.45) is 6.74. The van der Waals surface area contributed by atoms with Crippen molar-refractivity contribution in [2.45, 2.75) is 31.7 Å². The molecule has 1 N–H and O–H groups in total. The predicted molar refractivity (Wildman–Crippen MR) is 64.7 cm³/mol. The summed E-state index contributed by atoms with van der Waals surface area (Å²) in [5, 5.41) is 3.40. The second-order valence-electron chi connectivity index (χ2n) is 4.42. The monoisotopic (exact) mass is 220 g/mol. The molecule has 16 heavy (non-hydrogen) atoms. The highest BCUT2D eigenvalue weighted by Crippen LogP contribution is 2.34. The molecule has 1 heterocycles. The lowest BCUT2D eigenvalue weighted by Gasteiger charge is -2.15. The van der Waals surface area contributed by atoms with E-state index in [0.717, 1.165) is 30.2 Å². The minimum Gasteiger partial charge on any atom is -0.495 e. The normalized spacial score (nSPS) is 17.1. The molecular formula is C13H20N2O. The Kier molecular flexibility index (Phi) is 3.78. The maximum absolute atomic E-state index is 5.30. The van der Waals surface area contributed by atoms with E-state index in [1.54, 1.807) is 7.11 Å². The lowest BCUT2D eigenvalue weighted by molar-refractivity contribution is 0.401. The topological polar surface area (TPSA) is 34.2 Å². The maximum atomic E-state index is 5.30. The number of hydrogen-bond acceptors (Lipinski definition) is 3. The minimum absolute atomic E-state index is 0.645. The van der Waals surface area contributed by atoms with Gasteiger partial charge in [0, 0.05) is 12.2 Å². The molecule has 1 atom stereocenters. The van der Waals surface area contributed by atoms with E-state index in [9.17, 15) is 0 Å². The molecule has 0 aromatic carbocycles. The van der Waals surface area contributed by atoms with Crippen LogP contribution in [0.25, 0.3) is 0 Å². The van der Waals surface area contributed by atoms with Crippen molar-refractivity contribution in [2.24, 2.45) is 5.92 Å². The van der Waals surface area contributed by atoms with Gasteiger partial charge in [-0.25, -0.2) is 0 Å². The molecule has 1 unspecified atom stereocenters. The predicted octanol–water partition coefficient (Wildman–Crippen LogP) is 2.02. The average molecular weight is 220 g/mol. The Hall–Kier alpha value is -1.09. The Labute approximate surface area is 97.2 Å². The molecule has 3 nitrogen and oxygen atoms in total. The second-order valence-corrected chi connectivity index (χ2v) is 4.42. The molecule has 1 aromatic heterocycles. The molecule has 0 saturated heterocycles. The van der Waals surface area contributed by atoms with Crippen LogP contribution in [-0.4, -0.2) is 25.2 Å². The van der Waals surface area contributed by atoms with Gasteiger partial charge in [0.15, 0.2) is 0 Å². The molecule has 1 fully saturated rings. The van der Waals surface area contributed by atoms with Crippen LogP contribution in [0, 0.1) is 5.92 Å². The summed E-state index contributed by atoms with van der Waals surface area (Å²) < 4.78 is 5.30. The number of methoxy groups -OCH3 is 1. The van der Waals surface area contributed by atoms with Crippen LogP contribution in [0.4, 0.5) is 0 Å². The molecule has 0 radical (unpaired) electrons. The fourth-order valence-corrected chi connectivity index (χ4v) is 2.20. The van der Waals surface area contributed by atoms with Gasteiger partial charge in [-0.15, -0.1) is 0 Å². The molecule has 0 spiro atoms. The van der Waals surface area contributed by atoms with Gasteiger partial charge in [0.05, 0.1) is 12.8 Å². The molecule has 0 aliphatic heterocycles. The zero-order chi connectivity index (χ0) is 11.4. The summed E-state index contributed by atoms with van der Waals surface area (Å²) in [6.45, 7) is 0. The highest BCUT2D eigenvalue weighted by atomic mass is 16.5. The van der Waals surface area contributed by atoms with Gasteiger partial charge in [-0.3, -0.25) is 4.98 Å². The molecule has 1 saturated carbocycles. The molecule has 0 amide bonds. The maximum Gasteiger partial charge on any atom is 0.140 e. The number of pyridine rings is 1. The van der Waals surface area contributed by atoms with Crippen LogP contribution in [0.1, 0.15) is 25.0 Å². The van der Waals surface area contributed by atoms with Crippen LogP contribution >= 0.6 is 0 Å². The highest BCUT2D eigenvalue weighted by molar-refractivity contribution is 5.26. The van der Waals surface area contributed by atoms with Gasteiger partial charge < -0.3 is 10.1 Å². The van der Waals surface area contributed by atoms with Crippen LogP contribution < -0.4 is 10.1 Å². The Balaban J connectivity index is 1.92. The van der Waals surface area contributed by atoms with Crippen molar-refractivity contribution in [3.8, 4) is 5.75 Å². The first-order valence-corrected chi connectivity index (χ1v) is 6.00. The summed E-state index contributed by atoms with van der Waals surface area (Å²) in [6, 6.07) is 4.54. The summed E-state index contributed by atoms with van der Waals surface area (Å²) in [5.74, 6) is 1.80. The van der Waals surface area contributed by atoms with E-state index < -0.39 is 0 Å². The number of aromatic nitrogens is 1. The average Bonchev–Trinajstić information content (AvgIpc) is 3.15. The first-order chi connectivity index (χ1) is 7.85. The fraction of sp³-hybridized carbons (Fsp3) is 0.615. The third kappa shape index (κ3) is 2.73. The van der Waals surface area contributed by atoms with E-state index in [0.29, 0.717) is 6.04 Å². The summed E-state index contributed by atoms with van der Waals surface area (Å²) in [4.78, 5) is 4.38.